The maximum absolute atomic E-state index is 14.2. The second kappa shape index (κ2) is 11.8. The molecular weight excluding hydrogens is 510 g/mol. The summed E-state index contributed by atoms with van der Waals surface area (Å²) in [7, 11) is -2.35. The van der Waals surface area contributed by atoms with Gasteiger partial charge in [-0.2, -0.15) is 4.31 Å². The van der Waals surface area contributed by atoms with E-state index in [4.69, 9.17) is 9.72 Å². The van der Waals surface area contributed by atoms with Gasteiger partial charge in [0.15, 0.2) is 0 Å². The summed E-state index contributed by atoms with van der Waals surface area (Å²) >= 11 is 0. The fourth-order valence-electron chi connectivity index (χ4n) is 4.79. The lowest BCUT2D eigenvalue weighted by atomic mass is 9.87. The quantitative estimate of drug-likeness (QED) is 0.232. The van der Waals surface area contributed by atoms with Crippen LogP contribution in [0.5, 0.6) is 0 Å². The molecule has 0 bridgehead atoms. The van der Waals surface area contributed by atoms with Crippen LogP contribution in [0.4, 0.5) is 0 Å². The van der Waals surface area contributed by atoms with E-state index in [1.165, 1.54) is 4.31 Å². The van der Waals surface area contributed by atoms with Crippen LogP contribution < -0.4 is 5.56 Å². The van der Waals surface area contributed by atoms with Gasteiger partial charge in [0.25, 0.3) is 5.56 Å². The topological polar surface area (TPSA) is 81.5 Å². The number of nitrogens with zero attached hydrogens (tertiary/aromatic N) is 3. The first-order valence-corrected chi connectivity index (χ1v) is 14.7. The highest BCUT2D eigenvalue weighted by molar-refractivity contribution is 7.89. The van der Waals surface area contributed by atoms with Gasteiger partial charge in [-0.05, 0) is 60.2 Å². The molecule has 0 spiro atoms. The molecule has 0 aliphatic heterocycles. The largest absolute Gasteiger partial charge is 0.385 e. The van der Waals surface area contributed by atoms with Crippen LogP contribution in [0.2, 0.25) is 0 Å². The zero-order chi connectivity index (χ0) is 28.2. The number of fused-ring (bicyclic) bond motifs is 1. The normalized spacial score (nSPS) is 13.2. The third-order valence-electron chi connectivity index (χ3n) is 6.90. The van der Waals surface area contributed by atoms with Crippen LogP contribution in [0, 0.1) is 0 Å². The molecule has 39 heavy (non-hydrogen) atoms. The predicted molar refractivity (Wildman–Crippen MR) is 156 cm³/mol. The van der Waals surface area contributed by atoms with Crippen LogP contribution in [0.1, 0.15) is 58.0 Å². The summed E-state index contributed by atoms with van der Waals surface area (Å²) < 4.78 is 36.7. The zero-order valence-electron chi connectivity index (χ0n) is 23.3. The Kier molecular flexibility index (Phi) is 8.69. The van der Waals surface area contributed by atoms with Gasteiger partial charge in [0, 0.05) is 20.3 Å². The van der Waals surface area contributed by atoms with E-state index in [2.05, 4.69) is 20.8 Å². The number of methoxy groups -OCH3 is 1. The van der Waals surface area contributed by atoms with Crippen molar-refractivity contribution in [2.45, 2.75) is 56.9 Å². The summed E-state index contributed by atoms with van der Waals surface area (Å²) in [5.74, 6) is 0.389. The molecule has 4 rings (SSSR count). The van der Waals surface area contributed by atoms with Crippen LogP contribution in [-0.2, 0) is 20.2 Å². The molecule has 206 valence electrons. The van der Waals surface area contributed by atoms with Gasteiger partial charge in [-0.15, -0.1) is 0 Å². The lowest BCUT2D eigenvalue weighted by Gasteiger charge is -2.31. The average Bonchev–Trinajstić information content (AvgIpc) is 2.93. The number of aromatic nitrogens is 2. The number of benzene rings is 3. The summed E-state index contributed by atoms with van der Waals surface area (Å²) in [5, 5.41) is 0.478. The molecule has 7 nitrogen and oxygen atoms in total. The second-order valence-electron chi connectivity index (χ2n) is 10.6. The molecule has 0 aliphatic rings. The van der Waals surface area contributed by atoms with Crippen molar-refractivity contribution in [1.82, 2.24) is 13.9 Å². The highest BCUT2D eigenvalue weighted by Gasteiger charge is 2.35. The van der Waals surface area contributed by atoms with Gasteiger partial charge >= 0.3 is 0 Å². The fraction of sp³-hybridized carbons (Fsp3) is 0.355. The van der Waals surface area contributed by atoms with Gasteiger partial charge in [-0.3, -0.25) is 9.36 Å². The monoisotopic (exact) mass is 547 g/mol. The van der Waals surface area contributed by atoms with Crippen molar-refractivity contribution in [3.63, 3.8) is 0 Å². The van der Waals surface area contributed by atoms with Crippen molar-refractivity contribution in [2.24, 2.45) is 0 Å². The van der Waals surface area contributed by atoms with Crippen LogP contribution in [0.25, 0.3) is 16.6 Å². The number of rotatable bonds is 10. The Balaban J connectivity index is 1.92. The maximum Gasteiger partial charge on any atom is 0.266 e. The van der Waals surface area contributed by atoms with E-state index in [-0.39, 0.29) is 22.4 Å². The zero-order valence-corrected chi connectivity index (χ0v) is 24.1. The Morgan fingerprint density at radius 3 is 2.21 bits per heavy atom. The van der Waals surface area contributed by atoms with Crippen molar-refractivity contribution in [3.05, 3.63) is 101 Å². The summed E-state index contributed by atoms with van der Waals surface area (Å²) in [6.45, 7) is 8.82. The van der Waals surface area contributed by atoms with Crippen LogP contribution in [0.15, 0.2) is 88.6 Å². The van der Waals surface area contributed by atoms with Crippen LogP contribution in [-0.4, -0.2) is 42.5 Å². The lowest BCUT2D eigenvalue weighted by Crippen LogP contribution is -2.39. The molecule has 4 aromatic rings. The molecule has 1 heterocycles. The fourth-order valence-corrected chi connectivity index (χ4v) is 6.48. The maximum atomic E-state index is 14.2. The van der Waals surface area contributed by atoms with Gasteiger partial charge in [0.1, 0.15) is 5.82 Å². The number of hydrogen-bond donors (Lipinski definition) is 0. The summed E-state index contributed by atoms with van der Waals surface area (Å²) in [4.78, 5) is 19.0. The first-order chi connectivity index (χ1) is 18.6. The predicted octanol–water partition coefficient (Wildman–Crippen LogP) is 5.86. The first kappa shape index (κ1) is 28.7. The van der Waals surface area contributed by atoms with E-state index in [1.807, 2.05) is 55.5 Å². The van der Waals surface area contributed by atoms with Crippen molar-refractivity contribution in [1.29, 1.82) is 0 Å². The summed E-state index contributed by atoms with van der Waals surface area (Å²) in [6, 6.07) is 22.8. The van der Waals surface area contributed by atoms with Gasteiger partial charge in [-0.1, -0.05) is 70.2 Å². The molecule has 0 amide bonds. The summed E-state index contributed by atoms with van der Waals surface area (Å²) in [5.41, 5.74) is 1.88. The standard InChI is InChI=1S/C31H37N3O4S/c1-6-28(29-32-27-16-11-10-15-26(27)30(35)34(29)24-13-8-7-9-14-24)33(21-12-22-38-5)39(36,37)25-19-17-23(18-20-25)31(2,3)4/h7-11,13-20,28H,6,12,21-22H2,1-5H3. The Morgan fingerprint density at radius 1 is 0.949 bits per heavy atom. The van der Waals surface area contributed by atoms with E-state index >= 15 is 0 Å². The Labute approximate surface area is 231 Å². The molecule has 0 aliphatic carbocycles. The molecule has 1 atom stereocenters. The van der Waals surface area contributed by atoms with Gasteiger partial charge < -0.3 is 4.74 Å². The van der Waals surface area contributed by atoms with E-state index < -0.39 is 16.1 Å². The molecule has 0 saturated carbocycles. The molecule has 0 saturated heterocycles. The Morgan fingerprint density at radius 2 is 1.59 bits per heavy atom. The van der Waals surface area contributed by atoms with Gasteiger partial charge in [0.2, 0.25) is 10.0 Å². The lowest BCUT2D eigenvalue weighted by molar-refractivity contribution is 0.179. The van der Waals surface area contributed by atoms with Crippen molar-refractivity contribution in [3.8, 4) is 5.69 Å². The number of hydrogen-bond acceptors (Lipinski definition) is 5. The molecule has 1 aromatic heterocycles. The summed E-state index contributed by atoms with van der Waals surface area (Å²) in [6.07, 6.45) is 0.916. The van der Waals surface area contributed by atoms with Gasteiger partial charge in [-0.25, -0.2) is 13.4 Å². The molecule has 3 aromatic carbocycles. The number of ether oxygens (including phenoxy) is 1. The Hall–Kier alpha value is -3.33. The number of sulfonamides is 1. The molecule has 0 fully saturated rings. The second-order valence-corrected chi connectivity index (χ2v) is 12.5. The molecule has 8 heteroatoms. The Bertz CT molecular complexity index is 1570. The molecule has 1 unspecified atom stereocenters. The molecule has 0 N–H and O–H groups in total. The number of para-hydroxylation sites is 2. The third-order valence-corrected chi connectivity index (χ3v) is 8.82. The highest BCUT2D eigenvalue weighted by Crippen LogP contribution is 2.32. The van der Waals surface area contributed by atoms with Crippen molar-refractivity contribution >= 4 is 20.9 Å². The van der Waals surface area contributed by atoms with E-state index in [0.717, 1.165) is 5.56 Å². The van der Waals surface area contributed by atoms with Crippen molar-refractivity contribution < 1.29 is 13.2 Å². The highest BCUT2D eigenvalue weighted by atomic mass is 32.2. The first-order valence-electron chi connectivity index (χ1n) is 13.3. The SMILES string of the molecule is CCC(c1nc2ccccc2c(=O)n1-c1ccccc1)N(CCCOC)S(=O)(=O)c1ccc(C(C)(C)C)cc1. The van der Waals surface area contributed by atoms with E-state index in [9.17, 15) is 13.2 Å². The van der Waals surface area contributed by atoms with Gasteiger partial charge in [0.05, 0.1) is 27.5 Å². The minimum absolute atomic E-state index is 0.104. The minimum atomic E-state index is -3.95. The molecular formula is C31H37N3O4S. The van der Waals surface area contributed by atoms with Crippen LogP contribution >= 0.6 is 0 Å². The molecule has 0 radical (unpaired) electrons. The smallest absolute Gasteiger partial charge is 0.266 e. The minimum Gasteiger partial charge on any atom is -0.385 e. The van der Waals surface area contributed by atoms with E-state index in [1.54, 1.807) is 42.0 Å². The third kappa shape index (κ3) is 5.98. The van der Waals surface area contributed by atoms with E-state index in [0.29, 0.717) is 41.9 Å². The van der Waals surface area contributed by atoms with Crippen LogP contribution in [0.3, 0.4) is 0 Å². The average molecular weight is 548 g/mol. The van der Waals surface area contributed by atoms with Crippen molar-refractivity contribution in [2.75, 3.05) is 20.3 Å².